The van der Waals surface area contributed by atoms with Crippen LogP contribution < -0.4 is 5.32 Å². The summed E-state index contributed by atoms with van der Waals surface area (Å²) in [6, 6.07) is 0. The van der Waals surface area contributed by atoms with Crippen LogP contribution in [0, 0.1) is 0 Å². The van der Waals surface area contributed by atoms with Gasteiger partial charge in [0.15, 0.2) is 0 Å². The summed E-state index contributed by atoms with van der Waals surface area (Å²) < 4.78 is 4.64. The molecule has 0 aliphatic rings. The van der Waals surface area contributed by atoms with Crippen molar-refractivity contribution in [2.75, 3.05) is 13.2 Å². The van der Waals surface area contributed by atoms with Crippen LogP contribution >= 0.6 is 0 Å². The molecule has 0 aromatic heterocycles. The van der Waals surface area contributed by atoms with E-state index >= 15 is 0 Å². The number of ether oxygens (including phenoxy) is 1. The third-order valence-electron chi connectivity index (χ3n) is 0.886. The van der Waals surface area contributed by atoms with E-state index < -0.39 is 12.2 Å². The van der Waals surface area contributed by atoms with Gasteiger partial charge in [-0.25, -0.2) is 4.79 Å². The monoisotopic (exact) mass is 147 g/mol. The van der Waals surface area contributed by atoms with Gasteiger partial charge in [-0.15, -0.1) is 0 Å². The summed E-state index contributed by atoms with van der Waals surface area (Å²) in [6.45, 7) is 3.81. The minimum Gasteiger partial charge on any atom is -0.444 e. The summed E-state index contributed by atoms with van der Waals surface area (Å²) in [7, 11) is 0. The fourth-order valence-corrected chi connectivity index (χ4v) is 0.406. The van der Waals surface area contributed by atoms with Gasteiger partial charge in [0, 0.05) is 6.54 Å². The van der Waals surface area contributed by atoms with Gasteiger partial charge in [0.2, 0.25) is 0 Å². The molecule has 1 atom stereocenters. The summed E-state index contributed by atoms with van der Waals surface area (Å²) in [5.74, 6) is 0. The number of rotatable bonds is 3. The lowest BCUT2D eigenvalue weighted by atomic mass is 10.4. The van der Waals surface area contributed by atoms with Crippen molar-refractivity contribution in [1.82, 2.24) is 5.32 Å². The molecule has 0 saturated heterocycles. The lowest BCUT2D eigenvalue weighted by molar-refractivity contribution is 0.0684. The molecule has 0 rings (SSSR count). The first-order valence-corrected chi connectivity index (χ1v) is 3.26. The van der Waals surface area contributed by atoms with Gasteiger partial charge in [0.25, 0.3) is 0 Å². The average molecular weight is 147 g/mol. The molecule has 0 heterocycles. The number of nitrogens with one attached hydrogen (secondary N) is 1. The Labute approximate surface area is 60.2 Å². The number of aliphatic hydroxyl groups excluding tert-OH is 1. The molecule has 10 heavy (non-hydrogen) atoms. The van der Waals surface area contributed by atoms with Gasteiger partial charge >= 0.3 is 6.09 Å². The fourth-order valence-electron chi connectivity index (χ4n) is 0.406. The molecule has 4 heteroatoms. The highest BCUT2D eigenvalue weighted by molar-refractivity contribution is 5.67. The van der Waals surface area contributed by atoms with Gasteiger partial charge in [-0.2, -0.15) is 0 Å². The third kappa shape index (κ3) is 4.14. The highest BCUT2D eigenvalue weighted by atomic mass is 16.6. The SMILES string of the molecule is CCNC(=O)OC(C)CO. The van der Waals surface area contributed by atoms with Gasteiger partial charge in [0.05, 0.1) is 6.61 Å². The number of carbonyl (C=O) groups is 1. The van der Waals surface area contributed by atoms with Crippen molar-refractivity contribution in [3.8, 4) is 0 Å². The van der Waals surface area contributed by atoms with Crippen LogP contribution in [-0.4, -0.2) is 30.5 Å². The predicted octanol–water partition coefficient (Wildman–Crippen LogP) is 0.113. The van der Waals surface area contributed by atoms with E-state index in [-0.39, 0.29) is 6.61 Å². The number of alkyl carbamates (subject to hydrolysis) is 1. The Morgan fingerprint density at radius 2 is 2.40 bits per heavy atom. The van der Waals surface area contributed by atoms with E-state index in [4.69, 9.17) is 5.11 Å². The molecule has 1 unspecified atom stereocenters. The molecule has 0 aromatic rings. The molecule has 0 aliphatic carbocycles. The summed E-state index contributed by atoms with van der Waals surface area (Å²) in [6.07, 6.45) is -0.907. The standard InChI is InChI=1S/C6H13NO3/c1-3-7-6(9)10-5(2)4-8/h5,8H,3-4H2,1-2H3,(H,7,9). The maximum Gasteiger partial charge on any atom is 0.407 e. The number of amides is 1. The molecule has 0 spiro atoms. The molecule has 0 fully saturated rings. The zero-order chi connectivity index (χ0) is 7.98. The van der Waals surface area contributed by atoms with Crippen LogP contribution in [0.15, 0.2) is 0 Å². The molecule has 0 saturated carbocycles. The summed E-state index contributed by atoms with van der Waals surface area (Å²) in [5, 5.41) is 10.9. The smallest absolute Gasteiger partial charge is 0.407 e. The number of carbonyl (C=O) groups excluding carboxylic acids is 1. The average Bonchev–Trinajstić information content (AvgIpc) is 1.88. The maximum absolute atomic E-state index is 10.6. The number of hydrogen-bond acceptors (Lipinski definition) is 3. The number of hydrogen-bond donors (Lipinski definition) is 2. The topological polar surface area (TPSA) is 58.6 Å². The van der Waals surface area contributed by atoms with Gasteiger partial charge in [-0.3, -0.25) is 0 Å². The van der Waals surface area contributed by atoms with Crippen LogP contribution in [0.2, 0.25) is 0 Å². The van der Waals surface area contributed by atoms with Crippen LogP contribution in [0.4, 0.5) is 4.79 Å². The van der Waals surface area contributed by atoms with E-state index in [0.29, 0.717) is 6.54 Å². The minimum absolute atomic E-state index is 0.142. The largest absolute Gasteiger partial charge is 0.444 e. The van der Waals surface area contributed by atoms with Crippen molar-refractivity contribution in [3.05, 3.63) is 0 Å². The fraction of sp³-hybridized carbons (Fsp3) is 0.833. The Morgan fingerprint density at radius 3 is 2.80 bits per heavy atom. The molecular formula is C6H13NO3. The van der Waals surface area contributed by atoms with E-state index in [9.17, 15) is 4.79 Å². The van der Waals surface area contributed by atoms with Crippen LogP contribution in [0.5, 0.6) is 0 Å². The van der Waals surface area contributed by atoms with Gasteiger partial charge in [-0.05, 0) is 13.8 Å². The Morgan fingerprint density at radius 1 is 1.80 bits per heavy atom. The molecule has 0 radical (unpaired) electrons. The predicted molar refractivity (Wildman–Crippen MR) is 36.7 cm³/mol. The van der Waals surface area contributed by atoms with Crippen LogP contribution in [0.1, 0.15) is 13.8 Å². The second-order valence-corrected chi connectivity index (χ2v) is 1.93. The Kier molecular flexibility index (Phi) is 4.66. The Balaban J connectivity index is 3.37. The molecular weight excluding hydrogens is 134 g/mol. The Hall–Kier alpha value is -0.770. The second-order valence-electron chi connectivity index (χ2n) is 1.93. The lowest BCUT2D eigenvalue weighted by Gasteiger charge is -2.09. The van der Waals surface area contributed by atoms with Crippen molar-refractivity contribution in [3.63, 3.8) is 0 Å². The maximum atomic E-state index is 10.6. The first-order chi connectivity index (χ1) is 4.70. The quantitative estimate of drug-likeness (QED) is 0.595. The van der Waals surface area contributed by atoms with E-state index in [2.05, 4.69) is 10.1 Å². The third-order valence-corrected chi connectivity index (χ3v) is 0.886. The second kappa shape index (κ2) is 5.05. The van der Waals surface area contributed by atoms with Crippen LogP contribution in [0.25, 0.3) is 0 Å². The van der Waals surface area contributed by atoms with E-state index in [1.807, 2.05) is 0 Å². The van der Waals surface area contributed by atoms with E-state index in [0.717, 1.165) is 0 Å². The molecule has 1 amide bonds. The van der Waals surface area contributed by atoms with Crippen LogP contribution in [0.3, 0.4) is 0 Å². The van der Waals surface area contributed by atoms with E-state index in [1.165, 1.54) is 0 Å². The van der Waals surface area contributed by atoms with Crippen molar-refractivity contribution in [2.24, 2.45) is 0 Å². The zero-order valence-corrected chi connectivity index (χ0v) is 6.26. The van der Waals surface area contributed by atoms with Crippen molar-refractivity contribution in [2.45, 2.75) is 20.0 Å². The highest BCUT2D eigenvalue weighted by Crippen LogP contribution is 1.87. The minimum atomic E-state index is -0.482. The van der Waals surface area contributed by atoms with Crippen molar-refractivity contribution in [1.29, 1.82) is 0 Å². The van der Waals surface area contributed by atoms with Crippen LogP contribution in [-0.2, 0) is 4.74 Å². The molecule has 0 aromatic carbocycles. The van der Waals surface area contributed by atoms with Gasteiger partial charge in [0.1, 0.15) is 6.10 Å². The lowest BCUT2D eigenvalue weighted by Crippen LogP contribution is -2.28. The molecule has 0 aliphatic heterocycles. The van der Waals surface area contributed by atoms with Gasteiger partial charge in [-0.1, -0.05) is 0 Å². The van der Waals surface area contributed by atoms with Gasteiger partial charge < -0.3 is 15.2 Å². The summed E-state index contributed by atoms with van der Waals surface area (Å²) in [4.78, 5) is 10.6. The van der Waals surface area contributed by atoms with Crippen molar-refractivity contribution >= 4 is 6.09 Å². The summed E-state index contributed by atoms with van der Waals surface area (Å²) >= 11 is 0. The first-order valence-electron chi connectivity index (χ1n) is 3.26. The Bertz CT molecular complexity index is 105. The molecule has 60 valence electrons. The van der Waals surface area contributed by atoms with Crippen molar-refractivity contribution < 1.29 is 14.6 Å². The highest BCUT2D eigenvalue weighted by Gasteiger charge is 2.04. The first kappa shape index (κ1) is 9.23. The normalized spacial score (nSPS) is 12.3. The molecule has 4 nitrogen and oxygen atoms in total. The molecule has 2 N–H and O–H groups in total. The summed E-state index contributed by atoms with van der Waals surface area (Å²) in [5.41, 5.74) is 0. The molecule has 0 bridgehead atoms. The van der Waals surface area contributed by atoms with E-state index in [1.54, 1.807) is 13.8 Å². The zero-order valence-electron chi connectivity index (χ0n) is 6.26. The number of aliphatic hydroxyl groups is 1.